The van der Waals surface area contributed by atoms with Gasteiger partial charge in [-0.25, -0.2) is 0 Å². The Balaban J connectivity index is -0.000000867. The van der Waals surface area contributed by atoms with Gasteiger partial charge in [-0.05, 0) is 32.1 Å². The van der Waals surface area contributed by atoms with Gasteiger partial charge in [-0.2, -0.15) is 0 Å². The number of carbonyl (C=O) groups excluding carboxylic acids is 1. The monoisotopic (exact) mass is 418 g/mol. The van der Waals surface area contributed by atoms with E-state index in [9.17, 15) is 4.79 Å². The van der Waals surface area contributed by atoms with E-state index in [4.69, 9.17) is 11.5 Å². The van der Waals surface area contributed by atoms with Crippen LogP contribution in [-0.2, 0) is 4.79 Å². The van der Waals surface area contributed by atoms with Crippen LogP contribution < -0.4 is 11.5 Å². The number of rotatable bonds is 16. The minimum absolute atomic E-state index is 0. The minimum Gasteiger partial charge on any atom is -0.370 e. The third-order valence-electron chi connectivity index (χ3n) is 3.85. The predicted molar refractivity (Wildman–Crippen MR) is 118 cm³/mol. The van der Waals surface area contributed by atoms with Crippen LogP contribution in [0, 0.1) is 0 Å². The molecule has 0 saturated carbocycles. The van der Waals surface area contributed by atoms with Gasteiger partial charge in [-0.1, -0.05) is 76.5 Å². The molecule has 0 aliphatic rings. The summed E-state index contributed by atoms with van der Waals surface area (Å²) in [7, 11) is 0. The summed E-state index contributed by atoms with van der Waals surface area (Å²) in [5.41, 5.74) is 10.0. The van der Waals surface area contributed by atoms with Gasteiger partial charge < -0.3 is 11.5 Å². The maximum atomic E-state index is 10.5. The fourth-order valence-corrected chi connectivity index (χ4v) is 2.37. The zero-order valence-corrected chi connectivity index (χ0v) is 18.2. The topological polar surface area (TPSA) is 69.1 Å². The van der Waals surface area contributed by atoms with Crippen LogP contribution in [-0.4, -0.2) is 12.5 Å². The molecule has 0 bridgehead atoms. The molecular weight excluding hydrogens is 376 g/mol. The zero-order valence-electron chi connectivity index (χ0n) is 16.5. The zero-order chi connectivity index (χ0) is 18.3. The van der Waals surface area contributed by atoms with Crippen molar-refractivity contribution in [1.82, 2.24) is 0 Å². The van der Waals surface area contributed by atoms with E-state index in [0.717, 1.165) is 12.8 Å². The van der Waals surface area contributed by atoms with E-state index in [2.05, 4.69) is 25.7 Å². The molecule has 0 aliphatic heterocycles. The lowest BCUT2D eigenvalue weighted by atomic mass is 10.1. The van der Waals surface area contributed by atoms with Gasteiger partial charge in [-0.15, -0.1) is 23.6 Å². The van der Waals surface area contributed by atoms with Crippen LogP contribution >= 0.6 is 17.0 Å². The van der Waals surface area contributed by atoms with Crippen molar-refractivity contribution in [1.29, 1.82) is 0 Å². The van der Waals surface area contributed by atoms with Crippen molar-refractivity contribution in [2.45, 2.75) is 96.8 Å². The van der Waals surface area contributed by atoms with Crippen LogP contribution in [0.1, 0.15) is 96.8 Å². The highest BCUT2D eigenvalue weighted by molar-refractivity contribution is 8.93. The van der Waals surface area contributed by atoms with E-state index in [1.165, 1.54) is 70.6 Å². The molecule has 4 N–H and O–H groups in total. The third kappa shape index (κ3) is 35.4. The maximum absolute atomic E-state index is 10.5. The number of unbranched alkanes of at least 4 members (excludes halogenated alkanes) is 11. The van der Waals surface area contributed by atoms with Crippen LogP contribution in [0.4, 0.5) is 0 Å². The number of halogens is 1. The average Bonchev–Trinajstić information content (AvgIpc) is 2.58. The SMILES string of the molecule is Br.C=CCN.CCCCCCCC/C=C\CCCCCCCC(N)=O. The Bertz CT molecular complexity index is 294. The van der Waals surface area contributed by atoms with Gasteiger partial charge in [0.15, 0.2) is 0 Å². The predicted octanol–water partition coefficient (Wildman–Crippen LogP) is 6.22. The van der Waals surface area contributed by atoms with Crippen molar-refractivity contribution in [2.24, 2.45) is 11.5 Å². The number of primary amides is 1. The molecule has 3 nitrogen and oxygen atoms in total. The highest BCUT2D eigenvalue weighted by Crippen LogP contribution is 2.09. The number of amides is 1. The first-order valence-corrected chi connectivity index (χ1v) is 9.93. The molecule has 0 aromatic rings. The Morgan fingerprint density at radius 3 is 1.64 bits per heavy atom. The fourth-order valence-electron chi connectivity index (χ4n) is 2.37. The van der Waals surface area contributed by atoms with Gasteiger partial charge in [0, 0.05) is 13.0 Å². The van der Waals surface area contributed by atoms with Crippen LogP contribution in [0.25, 0.3) is 0 Å². The molecule has 4 heteroatoms. The van der Waals surface area contributed by atoms with E-state index < -0.39 is 0 Å². The van der Waals surface area contributed by atoms with Crippen molar-refractivity contribution in [3.63, 3.8) is 0 Å². The Labute approximate surface area is 167 Å². The molecule has 0 rings (SSSR count). The second-order valence-electron chi connectivity index (χ2n) is 6.32. The standard InChI is InChI=1S/C18H35NO.C3H7N.BrH/c1-2-3-4-5-6-7-8-9-10-11-12-13-14-15-16-17-18(19)20;1-2-3-4;/h9-10H,2-8,11-17H2,1H3,(H2,19,20);2H,1,3-4H2;1H/b10-9-;;. The Morgan fingerprint density at radius 1 is 0.840 bits per heavy atom. The molecule has 0 aromatic heterocycles. The van der Waals surface area contributed by atoms with Gasteiger partial charge in [0.1, 0.15) is 0 Å². The Kier molecular flexibility index (Phi) is 32.9. The molecule has 0 saturated heterocycles. The van der Waals surface area contributed by atoms with Crippen molar-refractivity contribution in [2.75, 3.05) is 6.54 Å². The highest BCUT2D eigenvalue weighted by atomic mass is 79.9. The third-order valence-corrected chi connectivity index (χ3v) is 3.85. The van der Waals surface area contributed by atoms with E-state index in [1.54, 1.807) is 6.08 Å². The Morgan fingerprint density at radius 2 is 1.24 bits per heavy atom. The van der Waals surface area contributed by atoms with E-state index >= 15 is 0 Å². The molecule has 1 amide bonds. The van der Waals surface area contributed by atoms with Gasteiger partial charge >= 0.3 is 0 Å². The lowest BCUT2D eigenvalue weighted by molar-refractivity contribution is -0.118. The number of hydrogen-bond donors (Lipinski definition) is 2. The van der Waals surface area contributed by atoms with Crippen LogP contribution in [0.15, 0.2) is 24.8 Å². The number of carbonyl (C=O) groups is 1. The summed E-state index contributed by atoms with van der Waals surface area (Å²) >= 11 is 0. The van der Waals surface area contributed by atoms with E-state index in [1.807, 2.05) is 0 Å². The van der Waals surface area contributed by atoms with Crippen LogP contribution in [0.2, 0.25) is 0 Å². The molecule has 0 aliphatic carbocycles. The Hall–Kier alpha value is -0.610. The van der Waals surface area contributed by atoms with Gasteiger partial charge in [0.25, 0.3) is 0 Å². The molecule has 0 aromatic carbocycles. The molecule has 0 atom stereocenters. The quantitative estimate of drug-likeness (QED) is 0.230. The molecular formula is C21H43BrN2O. The summed E-state index contributed by atoms with van der Waals surface area (Å²) in [4.78, 5) is 10.5. The summed E-state index contributed by atoms with van der Waals surface area (Å²) in [5.74, 6) is -0.164. The first-order chi connectivity index (χ1) is 11.7. The summed E-state index contributed by atoms with van der Waals surface area (Å²) in [5, 5.41) is 0. The second-order valence-corrected chi connectivity index (χ2v) is 6.32. The van der Waals surface area contributed by atoms with Crippen molar-refractivity contribution >= 4 is 22.9 Å². The van der Waals surface area contributed by atoms with E-state index in [-0.39, 0.29) is 22.9 Å². The molecule has 0 unspecified atom stereocenters. The lowest BCUT2D eigenvalue weighted by Gasteiger charge is -1.99. The van der Waals surface area contributed by atoms with Crippen LogP contribution in [0.3, 0.4) is 0 Å². The van der Waals surface area contributed by atoms with Crippen LogP contribution in [0.5, 0.6) is 0 Å². The fraction of sp³-hybridized carbons (Fsp3) is 0.762. The van der Waals surface area contributed by atoms with Crippen molar-refractivity contribution in [3.05, 3.63) is 24.8 Å². The molecule has 0 heterocycles. The lowest BCUT2D eigenvalue weighted by Crippen LogP contribution is -2.09. The minimum atomic E-state index is -0.164. The molecule has 0 radical (unpaired) electrons. The van der Waals surface area contributed by atoms with E-state index in [0.29, 0.717) is 13.0 Å². The maximum Gasteiger partial charge on any atom is 0.217 e. The van der Waals surface area contributed by atoms with Gasteiger partial charge in [0.2, 0.25) is 5.91 Å². The van der Waals surface area contributed by atoms with Crippen molar-refractivity contribution in [3.8, 4) is 0 Å². The van der Waals surface area contributed by atoms with Gasteiger partial charge in [-0.3, -0.25) is 4.79 Å². The number of allylic oxidation sites excluding steroid dienone is 2. The van der Waals surface area contributed by atoms with Crippen molar-refractivity contribution < 1.29 is 4.79 Å². The number of nitrogens with two attached hydrogens (primary N) is 2. The molecule has 150 valence electrons. The number of hydrogen-bond acceptors (Lipinski definition) is 2. The highest BCUT2D eigenvalue weighted by Gasteiger charge is 1.94. The first kappa shape index (κ1) is 29.2. The average molecular weight is 419 g/mol. The molecule has 25 heavy (non-hydrogen) atoms. The summed E-state index contributed by atoms with van der Waals surface area (Å²) in [6.45, 7) is 6.20. The van der Waals surface area contributed by atoms with Gasteiger partial charge in [0.05, 0.1) is 0 Å². The largest absolute Gasteiger partial charge is 0.370 e. The normalized spacial score (nSPS) is 10.0. The molecule has 0 fully saturated rings. The second kappa shape index (κ2) is 28.2. The smallest absolute Gasteiger partial charge is 0.217 e. The summed E-state index contributed by atoms with van der Waals surface area (Å²) in [6, 6.07) is 0. The summed E-state index contributed by atoms with van der Waals surface area (Å²) in [6.07, 6.45) is 23.6. The first-order valence-electron chi connectivity index (χ1n) is 9.93. The molecule has 0 spiro atoms. The summed E-state index contributed by atoms with van der Waals surface area (Å²) < 4.78 is 0.